The van der Waals surface area contributed by atoms with Crippen LogP contribution in [0.25, 0.3) is 11.3 Å². The van der Waals surface area contributed by atoms with E-state index in [9.17, 15) is 13.6 Å². The average molecular weight is 349 g/mol. The Labute approximate surface area is 141 Å². The smallest absolute Gasteiger partial charge is 0.261 e. The molecule has 2 aromatic carbocycles. The van der Waals surface area contributed by atoms with Crippen LogP contribution in [0.5, 0.6) is 0 Å². The Morgan fingerprint density at radius 1 is 1.21 bits per heavy atom. The lowest BCUT2D eigenvalue weighted by Gasteiger charge is -2.07. The van der Waals surface area contributed by atoms with Crippen LogP contribution in [0.15, 0.2) is 47.0 Å². The fourth-order valence-electron chi connectivity index (χ4n) is 2.25. The second kappa shape index (κ2) is 6.41. The van der Waals surface area contributed by atoms with Crippen LogP contribution in [0.2, 0.25) is 5.02 Å². The molecule has 0 saturated carbocycles. The van der Waals surface area contributed by atoms with Crippen molar-refractivity contribution in [3.05, 3.63) is 70.4 Å². The normalized spacial score (nSPS) is 10.7. The number of hydrogen-bond acceptors (Lipinski definition) is 3. The first-order chi connectivity index (χ1) is 11.5. The standard InChI is InChI=1S/C17H11ClF2N2O2/c1-9-15(16(22-24-9)10-3-2-4-11(18)7-10)17(23)21-14-6-5-12(19)8-13(14)20/h2-8H,1H3,(H,21,23). The predicted molar refractivity (Wildman–Crippen MR) is 86.0 cm³/mol. The molecule has 0 aliphatic carbocycles. The highest BCUT2D eigenvalue weighted by atomic mass is 35.5. The summed E-state index contributed by atoms with van der Waals surface area (Å²) in [7, 11) is 0. The van der Waals surface area contributed by atoms with Gasteiger partial charge in [0, 0.05) is 16.7 Å². The van der Waals surface area contributed by atoms with Crippen LogP contribution in [0, 0.1) is 18.6 Å². The van der Waals surface area contributed by atoms with Crippen LogP contribution in [0.3, 0.4) is 0 Å². The van der Waals surface area contributed by atoms with Gasteiger partial charge in [-0.3, -0.25) is 4.79 Å². The van der Waals surface area contributed by atoms with E-state index in [1.807, 2.05) is 0 Å². The van der Waals surface area contributed by atoms with Crippen LogP contribution in [0.1, 0.15) is 16.1 Å². The number of halogens is 3. The third-order valence-corrected chi connectivity index (χ3v) is 3.60. The number of carbonyl (C=O) groups is 1. The number of hydrogen-bond donors (Lipinski definition) is 1. The summed E-state index contributed by atoms with van der Waals surface area (Å²) in [6.45, 7) is 1.57. The zero-order chi connectivity index (χ0) is 17.3. The topological polar surface area (TPSA) is 55.1 Å². The van der Waals surface area contributed by atoms with E-state index in [-0.39, 0.29) is 22.7 Å². The Balaban J connectivity index is 1.97. The minimum Gasteiger partial charge on any atom is -0.360 e. The van der Waals surface area contributed by atoms with Crippen molar-refractivity contribution in [1.29, 1.82) is 0 Å². The first-order valence-electron chi connectivity index (χ1n) is 6.94. The van der Waals surface area contributed by atoms with E-state index < -0.39 is 17.5 Å². The zero-order valence-electron chi connectivity index (χ0n) is 12.4. The van der Waals surface area contributed by atoms with Crippen molar-refractivity contribution in [3.8, 4) is 11.3 Å². The van der Waals surface area contributed by atoms with Crippen LogP contribution in [0.4, 0.5) is 14.5 Å². The molecule has 3 aromatic rings. The maximum atomic E-state index is 13.7. The molecule has 0 unspecified atom stereocenters. The third-order valence-electron chi connectivity index (χ3n) is 3.37. The van der Waals surface area contributed by atoms with Gasteiger partial charge < -0.3 is 9.84 Å². The number of carbonyl (C=O) groups excluding carboxylic acids is 1. The number of aromatic nitrogens is 1. The molecule has 0 fully saturated rings. The summed E-state index contributed by atoms with van der Waals surface area (Å²) in [6, 6.07) is 9.64. The summed E-state index contributed by atoms with van der Waals surface area (Å²) in [5.41, 5.74) is 0.888. The van der Waals surface area contributed by atoms with Crippen LogP contribution in [-0.2, 0) is 0 Å². The fraction of sp³-hybridized carbons (Fsp3) is 0.0588. The number of aryl methyl sites for hydroxylation is 1. The molecule has 122 valence electrons. The highest BCUT2D eigenvalue weighted by Crippen LogP contribution is 2.28. The van der Waals surface area contributed by atoms with E-state index in [0.29, 0.717) is 16.7 Å². The van der Waals surface area contributed by atoms with Crippen molar-refractivity contribution in [3.63, 3.8) is 0 Å². The first kappa shape index (κ1) is 16.1. The molecule has 1 amide bonds. The van der Waals surface area contributed by atoms with Crippen molar-refractivity contribution in [2.24, 2.45) is 0 Å². The lowest BCUT2D eigenvalue weighted by Crippen LogP contribution is -2.14. The summed E-state index contributed by atoms with van der Waals surface area (Å²) in [4.78, 5) is 12.5. The zero-order valence-corrected chi connectivity index (χ0v) is 13.2. The molecule has 0 radical (unpaired) electrons. The maximum Gasteiger partial charge on any atom is 0.261 e. The van der Waals surface area contributed by atoms with Crippen molar-refractivity contribution in [2.75, 3.05) is 5.32 Å². The van der Waals surface area contributed by atoms with Gasteiger partial charge in [-0.15, -0.1) is 0 Å². The Morgan fingerprint density at radius 3 is 2.71 bits per heavy atom. The maximum absolute atomic E-state index is 13.7. The molecule has 0 atom stereocenters. The molecule has 0 bridgehead atoms. The van der Waals surface area contributed by atoms with Gasteiger partial charge in [-0.1, -0.05) is 28.9 Å². The Kier molecular flexibility index (Phi) is 4.31. The molecule has 0 spiro atoms. The Hall–Kier alpha value is -2.73. The predicted octanol–water partition coefficient (Wildman–Crippen LogP) is 4.83. The Morgan fingerprint density at radius 2 is 2.00 bits per heavy atom. The van der Waals surface area contributed by atoms with Crippen LogP contribution >= 0.6 is 11.6 Å². The van der Waals surface area contributed by atoms with Gasteiger partial charge in [0.05, 0.1) is 5.69 Å². The van der Waals surface area contributed by atoms with Gasteiger partial charge in [-0.2, -0.15) is 0 Å². The van der Waals surface area contributed by atoms with E-state index in [2.05, 4.69) is 10.5 Å². The molecular formula is C17H11ClF2N2O2. The van der Waals surface area contributed by atoms with Crippen LogP contribution in [-0.4, -0.2) is 11.1 Å². The molecule has 0 aliphatic rings. The number of anilines is 1. The number of rotatable bonds is 3. The van der Waals surface area contributed by atoms with E-state index in [1.54, 1.807) is 31.2 Å². The van der Waals surface area contributed by atoms with Gasteiger partial charge in [0.25, 0.3) is 5.91 Å². The molecule has 1 heterocycles. The minimum absolute atomic E-state index is 0.140. The second-order valence-corrected chi connectivity index (χ2v) is 5.49. The van der Waals surface area contributed by atoms with Crippen molar-refractivity contribution in [2.45, 2.75) is 6.92 Å². The molecular weight excluding hydrogens is 338 g/mol. The van der Waals surface area contributed by atoms with E-state index in [0.717, 1.165) is 12.1 Å². The summed E-state index contributed by atoms with van der Waals surface area (Å²) in [5.74, 6) is -1.95. The lowest BCUT2D eigenvalue weighted by atomic mass is 10.1. The fourth-order valence-corrected chi connectivity index (χ4v) is 2.44. The number of nitrogens with zero attached hydrogens (tertiary/aromatic N) is 1. The number of amides is 1. The third kappa shape index (κ3) is 3.14. The highest BCUT2D eigenvalue weighted by molar-refractivity contribution is 6.30. The molecule has 1 N–H and O–H groups in total. The van der Waals surface area contributed by atoms with Crippen molar-refractivity contribution < 1.29 is 18.1 Å². The van der Waals surface area contributed by atoms with Crippen molar-refractivity contribution in [1.82, 2.24) is 5.16 Å². The molecule has 7 heteroatoms. The van der Waals surface area contributed by atoms with E-state index >= 15 is 0 Å². The quantitative estimate of drug-likeness (QED) is 0.737. The summed E-state index contributed by atoms with van der Waals surface area (Å²) >= 11 is 5.95. The lowest BCUT2D eigenvalue weighted by molar-refractivity contribution is 0.102. The average Bonchev–Trinajstić information content (AvgIpc) is 2.92. The van der Waals surface area contributed by atoms with Gasteiger partial charge >= 0.3 is 0 Å². The first-order valence-corrected chi connectivity index (χ1v) is 7.32. The summed E-state index contributed by atoms with van der Waals surface area (Å²) in [6.07, 6.45) is 0. The van der Waals surface area contributed by atoms with Crippen molar-refractivity contribution >= 4 is 23.2 Å². The van der Waals surface area contributed by atoms with Gasteiger partial charge in [-0.25, -0.2) is 8.78 Å². The largest absolute Gasteiger partial charge is 0.360 e. The summed E-state index contributed by atoms with van der Waals surface area (Å²) in [5, 5.41) is 6.75. The molecule has 3 rings (SSSR count). The Bertz CT molecular complexity index is 925. The highest BCUT2D eigenvalue weighted by Gasteiger charge is 2.22. The molecule has 0 saturated heterocycles. The number of nitrogens with one attached hydrogen (secondary N) is 1. The van der Waals surface area contributed by atoms with Gasteiger partial charge in [0.1, 0.15) is 28.7 Å². The van der Waals surface area contributed by atoms with E-state index in [1.165, 1.54) is 0 Å². The van der Waals surface area contributed by atoms with Gasteiger partial charge in [0.2, 0.25) is 0 Å². The van der Waals surface area contributed by atoms with Gasteiger partial charge in [-0.05, 0) is 31.2 Å². The molecule has 1 aromatic heterocycles. The molecule has 4 nitrogen and oxygen atoms in total. The molecule has 24 heavy (non-hydrogen) atoms. The number of benzene rings is 2. The molecule has 0 aliphatic heterocycles. The monoisotopic (exact) mass is 348 g/mol. The summed E-state index contributed by atoms with van der Waals surface area (Å²) < 4.78 is 31.8. The van der Waals surface area contributed by atoms with Crippen LogP contribution < -0.4 is 5.32 Å². The second-order valence-electron chi connectivity index (χ2n) is 5.05. The minimum atomic E-state index is -0.873. The van der Waals surface area contributed by atoms with Gasteiger partial charge in [0.15, 0.2) is 0 Å². The SMILES string of the molecule is Cc1onc(-c2cccc(Cl)c2)c1C(=O)Nc1ccc(F)cc1F. The van der Waals surface area contributed by atoms with E-state index in [4.69, 9.17) is 16.1 Å².